The molecule has 3 nitrogen and oxygen atoms in total. The fraction of sp³-hybridized carbons (Fsp3) is 0.533. The number of likely N-dealkylation sites (tertiary alicyclic amines) is 1. The second-order valence-corrected chi connectivity index (χ2v) is 5.78. The number of carbonyl (C=O) groups is 1. The molecule has 1 amide bonds. The number of hydrogen-bond donors (Lipinski definition) is 1. The van der Waals surface area contributed by atoms with Crippen LogP contribution in [0.2, 0.25) is 5.02 Å². The monoisotopic (exact) mass is 298 g/mol. The lowest BCUT2D eigenvalue weighted by atomic mass is 10.0. The van der Waals surface area contributed by atoms with Crippen molar-refractivity contribution in [3.8, 4) is 0 Å². The number of nitrogens with zero attached hydrogens (tertiary/aromatic N) is 1. The molecule has 110 valence electrons. The SMILES string of the molecule is CC(CN)C(=O)N1CCCC1Cc1c(F)cccc1Cl. The average Bonchev–Trinajstić information content (AvgIpc) is 2.89. The van der Waals surface area contributed by atoms with Crippen LogP contribution >= 0.6 is 11.6 Å². The predicted molar refractivity (Wildman–Crippen MR) is 78.1 cm³/mol. The molecule has 1 aliphatic heterocycles. The van der Waals surface area contributed by atoms with Crippen LogP contribution < -0.4 is 5.73 Å². The fourth-order valence-electron chi connectivity index (χ4n) is 2.68. The van der Waals surface area contributed by atoms with Crippen LogP contribution in [0.25, 0.3) is 0 Å². The van der Waals surface area contributed by atoms with Gasteiger partial charge < -0.3 is 10.6 Å². The first-order valence-electron chi connectivity index (χ1n) is 6.98. The maximum absolute atomic E-state index is 13.8. The highest BCUT2D eigenvalue weighted by molar-refractivity contribution is 6.31. The van der Waals surface area contributed by atoms with Crippen LogP contribution in [0.4, 0.5) is 4.39 Å². The predicted octanol–water partition coefficient (Wildman–Crippen LogP) is 2.61. The van der Waals surface area contributed by atoms with E-state index >= 15 is 0 Å². The van der Waals surface area contributed by atoms with Crippen LogP contribution in [0.15, 0.2) is 18.2 Å². The quantitative estimate of drug-likeness (QED) is 0.929. The molecule has 1 heterocycles. The van der Waals surface area contributed by atoms with Gasteiger partial charge in [0, 0.05) is 35.6 Å². The van der Waals surface area contributed by atoms with Crippen LogP contribution in [0.1, 0.15) is 25.3 Å². The standard InChI is InChI=1S/C15H20ClFN2O/c1-10(9-18)15(20)19-7-3-4-11(19)8-12-13(16)5-2-6-14(12)17/h2,5-6,10-11H,3-4,7-9,18H2,1H3. The summed E-state index contributed by atoms with van der Waals surface area (Å²) >= 11 is 6.06. The number of benzene rings is 1. The van der Waals surface area contributed by atoms with E-state index in [0.717, 1.165) is 19.4 Å². The molecule has 0 aromatic heterocycles. The first-order chi connectivity index (χ1) is 9.54. The molecule has 1 aliphatic rings. The molecule has 5 heteroatoms. The Morgan fingerprint density at radius 3 is 3.00 bits per heavy atom. The van der Waals surface area contributed by atoms with E-state index in [1.165, 1.54) is 6.07 Å². The number of amides is 1. The summed E-state index contributed by atoms with van der Waals surface area (Å²) in [6, 6.07) is 4.70. The first-order valence-corrected chi connectivity index (χ1v) is 7.35. The van der Waals surface area contributed by atoms with Gasteiger partial charge in [-0.05, 0) is 31.4 Å². The second kappa shape index (κ2) is 6.55. The molecule has 1 fully saturated rings. The van der Waals surface area contributed by atoms with Gasteiger partial charge in [0.1, 0.15) is 5.82 Å². The molecule has 2 unspecified atom stereocenters. The van der Waals surface area contributed by atoms with Gasteiger partial charge in [0.2, 0.25) is 5.91 Å². The van der Waals surface area contributed by atoms with Gasteiger partial charge in [0.25, 0.3) is 0 Å². The third kappa shape index (κ3) is 3.13. The first kappa shape index (κ1) is 15.3. The summed E-state index contributed by atoms with van der Waals surface area (Å²) in [5, 5.41) is 0.427. The number of hydrogen-bond acceptors (Lipinski definition) is 2. The summed E-state index contributed by atoms with van der Waals surface area (Å²) < 4.78 is 13.8. The van der Waals surface area contributed by atoms with Gasteiger partial charge in [0.15, 0.2) is 0 Å². The van der Waals surface area contributed by atoms with Crippen molar-refractivity contribution in [1.82, 2.24) is 4.90 Å². The maximum Gasteiger partial charge on any atom is 0.226 e. The van der Waals surface area contributed by atoms with Crippen molar-refractivity contribution in [2.45, 2.75) is 32.2 Å². The van der Waals surface area contributed by atoms with E-state index < -0.39 is 0 Å². The maximum atomic E-state index is 13.8. The van der Waals surface area contributed by atoms with E-state index in [1.807, 2.05) is 11.8 Å². The van der Waals surface area contributed by atoms with Crippen molar-refractivity contribution < 1.29 is 9.18 Å². The van der Waals surface area contributed by atoms with Crippen molar-refractivity contribution in [1.29, 1.82) is 0 Å². The molecule has 1 aromatic rings. The lowest BCUT2D eigenvalue weighted by Crippen LogP contribution is -2.42. The minimum atomic E-state index is -0.302. The Morgan fingerprint density at radius 2 is 2.35 bits per heavy atom. The molecule has 0 saturated carbocycles. The largest absolute Gasteiger partial charge is 0.339 e. The molecular weight excluding hydrogens is 279 g/mol. The van der Waals surface area contributed by atoms with Crippen molar-refractivity contribution in [3.63, 3.8) is 0 Å². The highest BCUT2D eigenvalue weighted by atomic mass is 35.5. The molecule has 2 atom stereocenters. The summed E-state index contributed by atoms with van der Waals surface area (Å²) in [5.41, 5.74) is 6.06. The van der Waals surface area contributed by atoms with Gasteiger partial charge in [-0.2, -0.15) is 0 Å². The highest BCUT2D eigenvalue weighted by Gasteiger charge is 2.31. The van der Waals surface area contributed by atoms with Crippen LogP contribution in [-0.2, 0) is 11.2 Å². The topological polar surface area (TPSA) is 46.3 Å². The number of rotatable bonds is 4. The molecule has 2 rings (SSSR count). The van der Waals surface area contributed by atoms with E-state index in [4.69, 9.17) is 17.3 Å². The van der Waals surface area contributed by atoms with Gasteiger partial charge in [-0.25, -0.2) is 4.39 Å². The molecule has 0 spiro atoms. The summed E-state index contributed by atoms with van der Waals surface area (Å²) in [4.78, 5) is 14.1. The average molecular weight is 299 g/mol. The van der Waals surface area contributed by atoms with E-state index in [1.54, 1.807) is 12.1 Å². The summed E-state index contributed by atoms with van der Waals surface area (Å²) in [5.74, 6) is -0.433. The van der Waals surface area contributed by atoms with Crippen molar-refractivity contribution >= 4 is 17.5 Å². The van der Waals surface area contributed by atoms with E-state index in [9.17, 15) is 9.18 Å². The number of nitrogens with two attached hydrogens (primary N) is 1. The van der Waals surface area contributed by atoms with E-state index in [0.29, 0.717) is 23.6 Å². The minimum Gasteiger partial charge on any atom is -0.339 e. The van der Waals surface area contributed by atoms with Crippen LogP contribution in [0.3, 0.4) is 0 Å². The van der Waals surface area contributed by atoms with Crippen LogP contribution in [-0.4, -0.2) is 29.9 Å². The van der Waals surface area contributed by atoms with Gasteiger partial charge >= 0.3 is 0 Å². The highest BCUT2D eigenvalue weighted by Crippen LogP contribution is 2.27. The van der Waals surface area contributed by atoms with Gasteiger partial charge in [-0.3, -0.25) is 4.79 Å². The third-order valence-corrected chi connectivity index (χ3v) is 4.29. The lowest BCUT2D eigenvalue weighted by molar-refractivity contribution is -0.135. The van der Waals surface area contributed by atoms with Gasteiger partial charge in [-0.15, -0.1) is 0 Å². The fourth-order valence-corrected chi connectivity index (χ4v) is 2.93. The minimum absolute atomic E-state index is 0.0194. The molecule has 1 aromatic carbocycles. The number of halogens is 2. The Kier molecular flexibility index (Phi) is 5.00. The third-order valence-electron chi connectivity index (χ3n) is 3.94. The molecule has 0 aliphatic carbocycles. The normalized spacial score (nSPS) is 20.2. The Morgan fingerprint density at radius 1 is 1.60 bits per heavy atom. The smallest absolute Gasteiger partial charge is 0.226 e. The second-order valence-electron chi connectivity index (χ2n) is 5.37. The zero-order valence-corrected chi connectivity index (χ0v) is 12.4. The molecule has 0 radical (unpaired) electrons. The van der Waals surface area contributed by atoms with Gasteiger partial charge in [0.05, 0.1) is 0 Å². The summed E-state index contributed by atoms with van der Waals surface area (Å²) in [7, 11) is 0. The van der Waals surface area contributed by atoms with Gasteiger partial charge in [-0.1, -0.05) is 24.6 Å². The molecule has 2 N–H and O–H groups in total. The van der Waals surface area contributed by atoms with Crippen molar-refractivity contribution in [3.05, 3.63) is 34.6 Å². The lowest BCUT2D eigenvalue weighted by Gasteiger charge is -2.27. The Hall–Kier alpha value is -1.13. The zero-order valence-electron chi connectivity index (χ0n) is 11.6. The van der Waals surface area contributed by atoms with E-state index in [2.05, 4.69) is 0 Å². The number of carbonyl (C=O) groups excluding carboxylic acids is 1. The van der Waals surface area contributed by atoms with Crippen LogP contribution in [0, 0.1) is 11.7 Å². The Bertz CT molecular complexity index is 475. The van der Waals surface area contributed by atoms with Crippen LogP contribution in [0.5, 0.6) is 0 Å². The summed E-state index contributed by atoms with van der Waals surface area (Å²) in [6.07, 6.45) is 2.29. The zero-order chi connectivity index (χ0) is 14.7. The van der Waals surface area contributed by atoms with Crippen molar-refractivity contribution in [2.75, 3.05) is 13.1 Å². The Balaban J connectivity index is 2.14. The molecule has 0 bridgehead atoms. The molecular formula is C15H20ClFN2O. The molecule has 20 heavy (non-hydrogen) atoms. The van der Waals surface area contributed by atoms with Crippen molar-refractivity contribution in [2.24, 2.45) is 11.7 Å². The molecule has 1 saturated heterocycles. The Labute approximate surface area is 123 Å². The van der Waals surface area contributed by atoms with E-state index in [-0.39, 0.29) is 23.7 Å². The summed E-state index contributed by atoms with van der Waals surface area (Å²) in [6.45, 7) is 2.89.